The van der Waals surface area contributed by atoms with Crippen LogP contribution in [0.3, 0.4) is 0 Å². The summed E-state index contributed by atoms with van der Waals surface area (Å²) in [5, 5.41) is 9.33. The Morgan fingerprint density at radius 3 is 3.00 bits per heavy atom. The van der Waals surface area contributed by atoms with Crippen LogP contribution in [-0.4, -0.2) is 30.8 Å². The second-order valence-electron chi connectivity index (χ2n) is 4.72. The van der Waals surface area contributed by atoms with Crippen LogP contribution < -0.4 is 4.90 Å². The molecule has 4 heteroatoms. The van der Waals surface area contributed by atoms with Crippen molar-refractivity contribution in [3.05, 3.63) is 22.9 Å². The van der Waals surface area contributed by atoms with Crippen LogP contribution in [0.15, 0.2) is 6.07 Å². The van der Waals surface area contributed by atoms with E-state index in [2.05, 4.69) is 22.9 Å². The van der Waals surface area contributed by atoms with Crippen LogP contribution in [0.2, 0.25) is 0 Å². The highest BCUT2D eigenvalue weighted by molar-refractivity contribution is 5.58. The molecule has 0 N–H and O–H groups in total. The second-order valence-corrected chi connectivity index (χ2v) is 4.72. The van der Waals surface area contributed by atoms with Gasteiger partial charge >= 0.3 is 0 Å². The van der Waals surface area contributed by atoms with Gasteiger partial charge in [-0.2, -0.15) is 5.26 Å². The van der Waals surface area contributed by atoms with Crippen molar-refractivity contribution in [3.8, 4) is 6.07 Å². The van der Waals surface area contributed by atoms with Crippen LogP contribution in [0.1, 0.15) is 30.2 Å². The average molecular weight is 245 g/mol. The first kappa shape index (κ1) is 12.8. The van der Waals surface area contributed by atoms with Gasteiger partial charge in [-0.1, -0.05) is 6.92 Å². The molecule has 1 aliphatic rings. The first-order chi connectivity index (χ1) is 8.67. The van der Waals surface area contributed by atoms with Gasteiger partial charge in [0.15, 0.2) is 0 Å². The highest BCUT2D eigenvalue weighted by Gasteiger charge is 2.25. The second kappa shape index (κ2) is 5.36. The molecule has 0 bridgehead atoms. The fourth-order valence-electron chi connectivity index (χ4n) is 2.43. The van der Waals surface area contributed by atoms with Crippen molar-refractivity contribution in [1.82, 2.24) is 4.98 Å². The summed E-state index contributed by atoms with van der Waals surface area (Å²) in [6.07, 6.45) is 1.000. The average Bonchev–Trinajstić information content (AvgIpc) is 2.38. The molecular formula is C14H19N3O. The Morgan fingerprint density at radius 2 is 2.33 bits per heavy atom. The van der Waals surface area contributed by atoms with Crippen molar-refractivity contribution >= 4 is 5.82 Å². The Morgan fingerprint density at radius 1 is 1.56 bits per heavy atom. The van der Waals surface area contributed by atoms with E-state index in [1.165, 1.54) is 0 Å². The molecule has 18 heavy (non-hydrogen) atoms. The van der Waals surface area contributed by atoms with Gasteiger partial charge in [0.2, 0.25) is 0 Å². The number of aryl methyl sites for hydroxylation is 2. The molecule has 0 amide bonds. The van der Waals surface area contributed by atoms with Gasteiger partial charge in [-0.05, 0) is 31.9 Å². The summed E-state index contributed by atoms with van der Waals surface area (Å²) in [4.78, 5) is 6.80. The number of nitrogens with zero attached hydrogens (tertiary/aromatic N) is 3. The smallest absolute Gasteiger partial charge is 0.147 e. The van der Waals surface area contributed by atoms with Crippen molar-refractivity contribution in [2.45, 2.75) is 33.2 Å². The van der Waals surface area contributed by atoms with Crippen LogP contribution in [0.25, 0.3) is 0 Å². The molecule has 0 radical (unpaired) electrons. The Bertz CT molecular complexity index is 479. The Balaban J connectivity index is 2.45. The molecule has 1 saturated heterocycles. The van der Waals surface area contributed by atoms with Gasteiger partial charge in [0.1, 0.15) is 11.9 Å². The molecular weight excluding hydrogens is 226 g/mol. The molecule has 1 aromatic heterocycles. The fraction of sp³-hybridized carbons (Fsp3) is 0.571. The predicted octanol–water partition coefficient (Wildman–Crippen LogP) is 2.19. The molecule has 2 rings (SSSR count). The maximum absolute atomic E-state index is 9.33. The summed E-state index contributed by atoms with van der Waals surface area (Å²) in [7, 11) is 0. The summed E-state index contributed by atoms with van der Waals surface area (Å²) in [6.45, 7) is 8.31. The number of morpholine rings is 1. The minimum absolute atomic E-state index is 0.319. The number of anilines is 1. The van der Waals surface area contributed by atoms with Gasteiger partial charge in [0.25, 0.3) is 0 Å². The summed E-state index contributed by atoms with van der Waals surface area (Å²) in [6, 6.07) is 4.57. The number of hydrogen-bond donors (Lipinski definition) is 0. The highest BCUT2D eigenvalue weighted by Crippen LogP contribution is 2.25. The largest absolute Gasteiger partial charge is 0.377 e. The van der Waals surface area contributed by atoms with Crippen molar-refractivity contribution < 1.29 is 4.74 Å². The lowest BCUT2D eigenvalue weighted by atomic mass is 10.1. The first-order valence-electron chi connectivity index (χ1n) is 6.40. The van der Waals surface area contributed by atoms with Gasteiger partial charge in [0.05, 0.1) is 24.8 Å². The maximum Gasteiger partial charge on any atom is 0.147 e. The molecule has 0 spiro atoms. The number of nitriles is 1. The maximum atomic E-state index is 9.33. The third kappa shape index (κ3) is 2.32. The van der Waals surface area contributed by atoms with E-state index in [0.29, 0.717) is 18.2 Å². The molecule has 96 valence electrons. The lowest BCUT2D eigenvalue weighted by molar-refractivity contribution is 0.0925. The van der Waals surface area contributed by atoms with E-state index in [0.717, 1.165) is 36.6 Å². The molecule has 1 atom stereocenters. The van der Waals surface area contributed by atoms with Gasteiger partial charge in [-0.15, -0.1) is 0 Å². The van der Waals surface area contributed by atoms with E-state index in [1.807, 2.05) is 19.9 Å². The Hall–Kier alpha value is -1.60. The lowest BCUT2D eigenvalue weighted by Crippen LogP contribution is -2.46. The minimum Gasteiger partial charge on any atom is -0.377 e. The van der Waals surface area contributed by atoms with Crippen molar-refractivity contribution in [3.63, 3.8) is 0 Å². The molecule has 1 unspecified atom stereocenters. The summed E-state index contributed by atoms with van der Waals surface area (Å²) >= 11 is 0. The Kier molecular flexibility index (Phi) is 3.83. The minimum atomic E-state index is 0.319. The molecule has 0 aromatic carbocycles. The van der Waals surface area contributed by atoms with E-state index in [-0.39, 0.29) is 0 Å². The molecule has 0 saturated carbocycles. The highest BCUT2D eigenvalue weighted by atomic mass is 16.5. The van der Waals surface area contributed by atoms with Gasteiger partial charge in [0, 0.05) is 12.2 Å². The quantitative estimate of drug-likeness (QED) is 0.801. The number of hydrogen-bond acceptors (Lipinski definition) is 4. The van der Waals surface area contributed by atoms with Crippen LogP contribution in [-0.2, 0) is 4.74 Å². The Labute approximate surface area is 108 Å². The zero-order valence-corrected chi connectivity index (χ0v) is 11.2. The summed E-state index contributed by atoms with van der Waals surface area (Å²) in [5.74, 6) is 0.824. The van der Waals surface area contributed by atoms with E-state index >= 15 is 0 Å². The lowest BCUT2D eigenvalue weighted by Gasteiger charge is -2.36. The summed E-state index contributed by atoms with van der Waals surface area (Å²) < 4.78 is 5.51. The molecule has 1 fully saturated rings. The molecule has 4 nitrogen and oxygen atoms in total. The normalized spacial score (nSPS) is 19.7. The third-order valence-electron chi connectivity index (χ3n) is 3.41. The predicted molar refractivity (Wildman–Crippen MR) is 70.7 cm³/mol. The topological polar surface area (TPSA) is 49.1 Å². The summed E-state index contributed by atoms with van der Waals surface area (Å²) in [5.41, 5.74) is 2.66. The number of pyridine rings is 1. The van der Waals surface area contributed by atoms with E-state index in [4.69, 9.17) is 4.74 Å². The number of ether oxygens (including phenoxy) is 1. The SMILES string of the molecule is CCC1COCCN1c1nc(C)cc(C)c1C#N. The first-order valence-corrected chi connectivity index (χ1v) is 6.40. The monoisotopic (exact) mass is 245 g/mol. The van der Waals surface area contributed by atoms with E-state index in [1.54, 1.807) is 0 Å². The van der Waals surface area contributed by atoms with Crippen molar-refractivity contribution in [2.24, 2.45) is 0 Å². The van der Waals surface area contributed by atoms with E-state index in [9.17, 15) is 5.26 Å². The molecule has 1 aromatic rings. The zero-order valence-electron chi connectivity index (χ0n) is 11.2. The zero-order chi connectivity index (χ0) is 13.1. The van der Waals surface area contributed by atoms with Crippen LogP contribution in [0.5, 0.6) is 0 Å². The van der Waals surface area contributed by atoms with Gasteiger partial charge < -0.3 is 9.64 Å². The van der Waals surface area contributed by atoms with E-state index < -0.39 is 0 Å². The molecule has 1 aliphatic heterocycles. The van der Waals surface area contributed by atoms with Crippen LogP contribution >= 0.6 is 0 Å². The van der Waals surface area contributed by atoms with Crippen molar-refractivity contribution in [1.29, 1.82) is 5.26 Å². The van der Waals surface area contributed by atoms with Gasteiger partial charge in [-0.25, -0.2) is 4.98 Å². The fourth-order valence-corrected chi connectivity index (χ4v) is 2.43. The van der Waals surface area contributed by atoms with Crippen LogP contribution in [0, 0.1) is 25.2 Å². The van der Waals surface area contributed by atoms with Crippen LogP contribution in [0.4, 0.5) is 5.82 Å². The molecule has 0 aliphatic carbocycles. The third-order valence-corrected chi connectivity index (χ3v) is 3.41. The molecule has 2 heterocycles. The number of rotatable bonds is 2. The standard InChI is InChI=1S/C14H19N3O/c1-4-12-9-18-6-5-17(12)14-13(8-15)10(2)7-11(3)16-14/h7,12H,4-6,9H2,1-3H3. The van der Waals surface area contributed by atoms with Gasteiger partial charge in [-0.3, -0.25) is 0 Å². The van der Waals surface area contributed by atoms with Crippen molar-refractivity contribution in [2.75, 3.05) is 24.7 Å². The number of aromatic nitrogens is 1.